The molecule has 0 aliphatic carbocycles. The Balaban J connectivity index is 2.10. The average molecular weight is 306 g/mol. The van der Waals surface area contributed by atoms with Gasteiger partial charge in [0.1, 0.15) is 5.52 Å². The van der Waals surface area contributed by atoms with E-state index in [1.807, 2.05) is 12.1 Å². The topological polar surface area (TPSA) is 93.0 Å². The Bertz CT molecular complexity index is 849. The number of hydrogen-bond acceptors (Lipinski definition) is 6. The standard InChI is InChI=1S/C13H14N4O3S/c1-7-10-11(16-12(14-7)20-2)17(13(19)15-10)5-8-3-4-9(6-18)21-8/h3-4,18H,5-6H2,1-2H3,(H,15,19). The second-order valence-electron chi connectivity index (χ2n) is 4.54. The summed E-state index contributed by atoms with van der Waals surface area (Å²) in [6, 6.07) is 3.97. The summed E-state index contributed by atoms with van der Waals surface area (Å²) >= 11 is 1.46. The minimum atomic E-state index is -0.241. The van der Waals surface area contributed by atoms with Gasteiger partial charge in [0.2, 0.25) is 0 Å². The Morgan fingerprint density at radius 3 is 2.81 bits per heavy atom. The highest BCUT2D eigenvalue weighted by Gasteiger charge is 2.14. The zero-order valence-corrected chi connectivity index (χ0v) is 12.4. The SMILES string of the molecule is COc1nc(C)c2[nH]c(=O)n(Cc3ccc(CO)s3)c2n1. The van der Waals surface area contributed by atoms with Crippen LogP contribution in [0.1, 0.15) is 15.4 Å². The molecule has 0 amide bonds. The molecule has 2 N–H and O–H groups in total. The number of aryl methyl sites for hydroxylation is 1. The highest BCUT2D eigenvalue weighted by atomic mass is 32.1. The van der Waals surface area contributed by atoms with Crippen LogP contribution in [0.2, 0.25) is 0 Å². The molecule has 0 saturated heterocycles. The van der Waals surface area contributed by atoms with Gasteiger partial charge in [-0.05, 0) is 19.1 Å². The van der Waals surface area contributed by atoms with Crippen LogP contribution in [0, 0.1) is 6.92 Å². The number of aliphatic hydroxyl groups excluding tert-OH is 1. The monoisotopic (exact) mass is 306 g/mol. The number of aromatic amines is 1. The Hall–Kier alpha value is -2.19. The summed E-state index contributed by atoms with van der Waals surface area (Å²) in [5.41, 5.74) is 1.55. The largest absolute Gasteiger partial charge is 0.467 e. The van der Waals surface area contributed by atoms with Crippen molar-refractivity contribution in [3.8, 4) is 6.01 Å². The quantitative estimate of drug-likeness (QED) is 0.751. The Morgan fingerprint density at radius 2 is 2.14 bits per heavy atom. The van der Waals surface area contributed by atoms with Gasteiger partial charge in [-0.3, -0.25) is 4.57 Å². The lowest BCUT2D eigenvalue weighted by molar-refractivity contribution is 0.285. The van der Waals surface area contributed by atoms with Crippen LogP contribution in [-0.4, -0.2) is 31.7 Å². The highest BCUT2D eigenvalue weighted by Crippen LogP contribution is 2.20. The number of H-pyrrole nitrogens is 1. The molecule has 0 aromatic carbocycles. The summed E-state index contributed by atoms with van der Waals surface area (Å²) in [5.74, 6) is 0. The summed E-state index contributed by atoms with van der Waals surface area (Å²) in [6.07, 6.45) is 0. The normalized spacial score (nSPS) is 11.2. The van der Waals surface area contributed by atoms with E-state index in [-0.39, 0.29) is 18.3 Å². The predicted molar refractivity (Wildman–Crippen MR) is 78.8 cm³/mol. The van der Waals surface area contributed by atoms with E-state index in [4.69, 9.17) is 9.84 Å². The number of methoxy groups -OCH3 is 1. The molecule has 3 aromatic rings. The van der Waals surface area contributed by atoms with E-state index in [1.165, 1.54) is 18.4 Å². The number of thiophene rings is 1. The lowest BCUT2D eigenvalue weighted by Gasteiger charge is -2.03. The average Bonchev–Trinajstić information content (AvgIpc) is 3.05. The van der Waals surface area contributed by atoms with Crippen LogP contribution in [0.25, 0.3) is 11.2 Å². The van der Waals surface area contributed by atoms with Crippen molar-refractivity contribution in [1.82, 2.24) is 19.5 Å². The van der Waals surface area contributed by atoms with Crippen molar-refractivity contribution in [3.05, 3.63) is 38.1 Å². The Labute approximate surface area is 123 Å². The van der Waals surface area contributed by atoms with Gasteiger partial charge in [-0.15, -0.1) is 11.3 Å². The number of imidazole rings is 1. The molecule has 0 atom stereocenters. The molecular formula is C13H14N4O3S. The van der Waals surface area contributed by atoms with Gasteiger partial charge in [0.05, 0.1) is 26.0 Å². The number of nitrogens with one attached hydrogen (secondary N) is 1. The molecule has 0 spiro atoms. The number of aromatic nitrogens is 4. The fraction of sp³-hybridized carbons (Fsp3) is 0.308. The molecule has 3 aromatic heterocycles. The second-order valence-corrected chi connectivity index (χ2v) is 5.79. The van der Waals surface area contributed by atoms with Crippen molar-refractivity contribution >= 4 is 22.5 Å². The van der Waals surface area contributed by atoms with Gasteiger partial charge in [-0.2, -0.15) is 9.97 Å². The van der Waals surface area contributed by atoms with E-state index in [1.54, 1.807) is 11.5 Å². The molecule has 21 heavy (non-hydrogen) atoms. The number of nitrogens with zero attached hydrogens (tertiary/aromatic N) is 3. The summed E-state index contributed by atoms with van der Waals surface area (Å²) in [5, 5.41) is 9.11. The van der Waals surface area contributed by atoms with Crippen molar-refractivity contribution in [2.45, 2.75) is 20.1 Å². The Morgan fingerprint density at radius 1 is 1.38 bits per heavy atom. The summed E-state index contributed by atoms with van der Waals surface area (Å²) in [6.45, 7) is 2.19. The molecule has 8 heteroatoms. The van der Waals surface area contributed by atoms with Crippen LogP contribution >= 0.6 is 11.3 Å². The van der Waals surface area contributed by atoms with E-state index >= 15 is 0 Å². The molecule has 0 bridgehead atoms. The zero-order valence-electron chi connectivity index (χ0n) is 11.6. The molecular weight excluding hydrogens is 292 g/mol. The summed E-state index contributed by atoms with van der Waals surface area (Å²) < 4.78 is 6.60. The van der Waals surface area contributed by atoms with Crippen molar-refractivity contribution in [2.24, 2.45) is 0 Å². The first-order valence-electron chi connectivity index (χ1n) is 6.32. The minimum absolute atomic E-state index is 0.00253. The molecule has 0 radical (unpaired) electrons. The van der Waals surface area contributed by atoms with Crippen LogP contribution < -0.4 is 10.4 Å². The fourth-order valence-electron chi connectivity index (χ4n) is 2.13. The first-order valence-corrected chi connectivity index (χ1v) is 7.13. The third-order valence-corrected chi connectivity index (χ3v) is 4.21. The van der Waals surface area contributed by atoms with E-state index in [2.05, 4.69) is 15.0 Å². The lowest BCUT2D eigenvalue weighted by atomic mass is 10.4. The minimum Gasteiger partial charge on any atom is -0.467 e. The van der Waals surface area contributed by atoms with E-state index in [9.17, 15) is 4.79 Å². The van der Waals surface area contributed by atoms with Crippen LogP contribution in [-0.2, 0) is 13.2 Å². The van der Waals surface area contributed by atoms with E-state index in [0.29, 0.717) is 23.4 Å². The Kier molecular flexibility index (Phi) is 3.48. The van der Waals surface area contributed by atoms with Crippen molar-refractivity contribution in [2.75, 3.05) is 7.11 Å². The molecule has 0 saturated carbocycles. The molecule has 3 rings (SSSR count). The van der Waals surface area contributed by atoms with Gasteiger partial charge < -0.3 is 14.8 Å². The van der Waals surface area contributed by atoms with E-state index < -0.39 is 0 Å². The van der Waals surface area contributed by atoms with Gasteiger partial charge in [-0.1, -0.05) is 0 Å². The zero-order chi connectivity index (χ0) is 15.0. The van der Waals surface area contributed by atoms with Crippen molar-refractivity contribution in [1.29, 1.82) is 0 Å². The smallest absolute Gasteiger partial charge is 0.328 e. The highest BCUT2D eigenvalue weighted by molar-refractivity contribution is 7.11. The number of aliphatic hydroxyl groups is 1. The molecule has 0 unspecified atom stereocenters. The summed E-state index contributed by atoms with van der Waals surface area (Å²) in [4.78, 5) is 25.1. The molecule has 3 heterocycles. The van der Waals surface area contributed by atoms with Gasteiger partial charge in [0.15, 0.2) is 5.65 Å². The van der Waals surface area contributed by atoms with Crippen LogP contribution in [0.5, 0.6) is 6.01 Å². The van der Waals surface area contributed by atoms with E-state index in [0.717, 1.165) is 9.75 Å². The van der Waals surface area contributed by atoms with Gasteiger partial charge in [0.25, 0.3) is 0 Å². The lowest BCUT2D eigenvalue weighted by Crippen LogP contribution is -2.17. The molecule has 0 fully saturated rings. The number of rotatable bonds is 4. The van der Waals surface area contributed by atoms with Crippen LogP contribution in [0.3, 0.4) is 0 Å². The van der Waals surface area contributed by atoms with Crippen LogP contribution in [0.4, 0.5) is 0 Å². The number of hydrogen-bond donors (Lipinski definition) is 2. The van der Waals surface area contributed by atoms with Crippen molar-refractivity contribution in [3.63, 3.8) is 0 Å². The molecule has 0 aliphatic rings. The number of fused-ring (bicyclic) bond motifs is 1. The van der Waals surface area contributed by atoms with Crippen LogP contribution in [0.15, 0.2) is 16.9 Å². The van der Waals surface area contributed by atoms with Gasteiger partial charge >= 0.3 is 11.7 Å². The predicted octanol–water partition coefficient (Wildman–Crippen LogP) is 1.04. The third-order valence-electron chi connectivity index (χ3n) is 3.15. The fourth-order valence-corrected chi connectivity index (χ4v) is 3.00. The maximum absolute atomic E-state index is 12.1. The van der Waals surface area contributed by atoms with Crippen molar-refractivity contribution < 1.29 is 9.84 Å². The first kappa shape index (κ1) is 13.8. The maximum atomic E-state index is 12.1. The summed E-state index contributed by atoms with van der Waals surface area (Å²) in [7, 11) is 1.49. The van der Waals surface area contributed by atoms with Gasteiger partial charge in [0, 0.05) is 9.75 Å². The second kappa shape index (κ2) is 5.30. The molecule has 7 nitrogen and oxygen atoms in total. The number of ether oxygens (including phenoxy) is 1. The molecule has 110 valence electrons. The first-order chi connectivity index (χ1) is 10.1. The molecule has 0 aliphatic heterocycles. The maximum Gasteiger partial charge on any atom is 0.328 e. The van der Waals surface area contributed by atoms with Gasteiger partial charge in [-0.25, -0.2) is 4.79 Å². The third kappa shape index (κ3) is 2.43.